The molecule has 0 aliphatic carbocycles. The van der Waals surface area contributed by atoms with Gasteiger partial charge in [-0.25, -0.2) is 9.78 Å². The summed E-state index contributed by atoms with van der Waals surface area (Å²) in [5.41, 5.74) is 7.14. The third-order valence-electron chi connectivity index (χ3n) is 2.55. The van der Waals surface area contributed by atoms with Gasteiger partial charge in [0.15, 0.2) is 0 Å². The van der Waals surface area contributed by atoms with Gasteiger partial charge in [0.2, 0.25) is 5.88 Å². The van der Waals surface area contributed by atoms with Crippen molar-refractivity contribution in [3.05, 3.63) is 41.9 Å². The van der Waals surface area contributed by atoms with Crippen LogP contribution in [0.1, 0.15) is 23.0 Å². The number of esters is 1. The molecule has 2 aromatic rings. The average Bonchev–Trinajstić information content (AvgIpc) is 2.44. The minimum Gasteiger partial charge on any atom is -0.462 e. The normalized spacial score (nSPS) is 10.1. The Morgan fingerprint density at radius 3 is 2.75 bits per heavy atom. The van der Waals surface area contributed by atoms with Crippen LogP contribution in [0.5, 0.6) is 11.6 Å². The highest BCUT2D eigenvalue weighted by Crippen LogP contribution is 2.27. The third kappa shape index (κ3) is 3.03. The fraction of sp³-hybridized carbons (Fsp3) is 0.214. The van der Waals surface area contributed by atoms with Gasteiger partial charge in [0.25, 0.3) is 0 Å². The van der Waals surface area contributed by atoms with Crippen molar-refractivity contribution < 1.29 is 14.3 Å². The van der Waals surface area contributed by atoms with Crippen LogP contribution in [0, 0.1) is 6.92 Å². The van der Waals surface area contributed by atoms with Gasteiger partial charge in [0.1, 0.15) is 11.4 Å². The standard InChI is InChI=1S/C14H15N3O3/c1-3-19-14(18)11-6-7-16-13(12(11)15)20-10-5-4-9(2)17-8-10/h4-8H,3,15H2,1-2H3. The number of pyridine rings is 2. The van der Waals surface area contributed by atoms with Gasteiger partial charge in [-0.1, -0.05) is 0 Å². The third-order valence-corrected chi connectivity index (χ3v) is 2.55. The summed E-state index contributed by atoms with van der Waals surface area (Å²) in [6.45, 7) is 3.88. The van der Waals surface area contributed by atoms with Crippen LogP contribution in [-0.4, -0.2) is 22.5 Å². The van der Waals surface area contributed by atoms with Gasteiger partial charge in [-0.3, -0.25) is 4.98 Å². The molecule has 2 N–H and O–H groups in total. The first-order valence-corrected chi connectivity index (χ1v) is 6.14. The molecule has 0 aromatic carbocycles. The van der Waals surface area contributed by atoms with E-state index in [9.17, 15) is 4.79 Å². The molecule has 0 atom stereocenters. The molecule has 0 unspecified atom stereocenters. The quantitative estimate of drug-likeness (QED) is 0.860. The molecule has 2 rings (SSSR count). The highest BCUT2D eigenvalue weighted by molar-refractivity contribution is 5.96. The minimum atomic E-state index is -0.501. The SMILES string of the molecule is CCOC(=O)c1ccnc(Oc2ccc(C)nc2)c1N. The summed E-state index contributed by atoms with van der Waals surface area (Å²) in [5, 5.41) is 0. The molecule has 0 amide bonds. The molecule has 2 aromatic heterocycles. The van der Waals surface area contributed by atoms with E-state index in [1.165, 1.54) is 12.3 Å². The lowest BCUT2D eigenvalue weighted by Gasteiger charge is -2.10. The van der Waals surface area contributed by atoms with Crippen LogP contribution in [0.3, 0.4) is 0 Å². The van der Waals surface area contributed by atoms with Crippen LogP contribution >= 0.6 is 0 Å². The number of nitrogens with zero attached hydrogens (tertiary/aromatic N) is 2. The van der Waals surface area contributed by atoms with Gasteiger partial charge in [-0.05, 0) is 32.0 Å². The number of carbonyl (C=O) groups excluding carboxylic acids is 1. The maximum absolute atomic E-state index is 11.7. The van der Waals surface area contributed by atoms with E-state index in [-0.39, 0.29) is 23.7 Å². The fourth-order valence-electron chi connectivity index (χ4n) is 1.55. The molecule has 104 valence electrons. The predicted molar refractivity (Wildman–Crippen MR) is 73.7 cm³/mol. The summed E-state index contributed by atoms with van der Waals surface area (Å²) in [7, 11) is 0. The zero-order valence-electron chi connectivity index (χ0n) is 11.3. The summed E-state index contributed by atoms with van der Waals surface area (Å²) in [6, 6.07) is 5.05. The Balaban J connectivity index is 2.26. The largest absolute Gasteiger partial charge is 0.462 e. The number of aromatic nitrogens is 2. The van der Waals surface area contributed by atoms with E-state index in [0.717, 1.165) is 5.69 Å². The summed E-state index contributed by atoms with van der Waals surface area (Å²) >= 11 is 0. The molecule has 0 bridgehead atoms. The van der Waals surface area contributed by atoms with Gasteiger partial charge in [-0.2, -0.15) is 0 Å². The first-order valence-electron chi connectivity index (χ1n) is 6.14. The Kier molecular flexibility index (Phi) is 4.14. The van der Waals surface area contributed by atoms with Gasteiger partial charge in [-0.15, -0.1) is 0 Å². The lowest BCUT2D eigenvalue weighted by molar-refractivity contribution is 0.0527. The van der Waals surface area contributed by atoms with E-state index >= 15 is 0 Å². The van der Waals surface area contributed by atoms with Crippen molar-refractivity contribution in [2.24, 2.45) is 0 Å². The fourth-order valence-corrected chi connectivity index (χ4v) is 1.55. The second-order valence-electron chi connectivity index (χ2n) is 4.04. The lowest BCUT2D eigenvalue weighted by Crippen LogP contribution is -2.09. The molecule has 0 fully saturated rings. The van der Waals surface area contributed by atoms with Crippen molar-refractivity contribution in [3.8, 4) is 11.6 Å². The monoisotopic (exact) mass is 273 g/mol. The van der Waals surface area contributed by atoms with Crippen molar-refractivity contribution in [1.29, 1.82) is 0 Å². The van der Waals surface area contributed by atoms with E-state index in [0.29, 0.717) is 5.75 Å². The highest BCUT2D eigenvalue weighted by atomic mass is 16.5. The summed E-state index contributed by atoms with van der Waals surface area (Å²) in [5.74, 6) is 0.149. The summed E-state index contributed by atoms with van der Waals surface area (Å²) in [4.78, 5) is 19.8. The van der Waals surface area contributed by atoms with Crippen molar-refractivity contribution in [2.75, 3.05) is 12.3 Å². The number of rotatable bonds is 4. The van der Waals surface area contributed by atoms with Crippen molar-refractivity contribution in [3.63, 3.8) is 0 Å². The molecule has 0 aliphatic rings. The first-order chi connectivity index (χ1) is 9.61. The summed E-state index contributed by atoms with van der Waals surface area (Å²) in [6.07, 6.45) is 3.01. The van der Waals surface area contributed by atoms with E-state index in [1.54, 1.807) is 25.3 Å². The number of nitrogen functional groups attached to an aromatic ring is 1. The van der Waals surface area contributed by atoms with Crippen LogP contribution in [0.25, 0.3) is 0 Å². The van der Waals surface area contributed by atoms with Crippen LogP contribution in [0.15, 0.2) is 30.6 Å². The van der Waals surface area contributed by atoms with Gasteiger partial charge < -0.3 is 15.2 Å². The smallest absolute Gasteiger partial charge is 0.340 e. The minimum absolute atomic E-state index is 0.145. The van der Waals surface area contributed by atoms with Crippen molar-refractivity contribution >= 4 is 11.7 Å². The van der Waals surface area contributed by atoms with Crippen LogP contribution < -0.4 is 10.5 Å². The van der Waals surface area contributed by atoms with Crippen molar-refractivity contribution in [2.45, 2.75) is 13.8 Å². The van der Waals surface area contributed by atoms with Gasteiger partial charge in [0.05, 0.1) is 18.4 Å². The van der Waals surface area contributed by atoms with Crippen LogP contribution in [0.2, 0.25) is 0 Å². The van der Waals surface area contributed by atoms with E-state index in [4.69, 9.17) is 15.2 Å². The molecular weight excluding hydrogens is 258 g/mol. The average molecular weight is 273 g/mol. The van der Waals surface area contributed by atoms with Crippen LogP contribution in [0.4, 0.5) is 5.69 Å². The van der Waals surface area contributed by atoms with E-state index < -0.39 is 5.97 Å². The Labute approximate surface area is 116 Å². The zero-order chi connectivity index (χ0) is 14.5. The number of carbonyl (C=O) groups is 1. The Morgan fingerprint density at radius 2 is 2.10 bits per heavy atom. The second-order valence-corrected chi connectivity index (χ2v) is 4.04. The molecule has 0 spiro atoms. The number of aryl methyl sites for hydroxylation is 1. The molecule has 0 saturated carbocycles. The molecule has 6 heteroatoms. The maximum Gasteiger partial charge on any atom is 0.340 e. The van der Waals surface area contributed by atoms with E-state index in [1.807, 2.05) is 6.92 Å². The summed E-state index contributed by atoms with van der Waals surface area (Å²) < 4.78 is 10.4. The van der Waals surface area contributed by atoms with Crippen LogP contribution in [-0.2, 0) is 4.74 Å². The molecule has 0 saturated heterocycles. The predicted octanol–water partition coefficient (Wildman–Crippen LogP) is 2.34. The number of hydrogen-bond acceptors (Lipinski definition) is 6. The molecule has 0 aliphatic heterocycles. The highest BCUT2D eigenvalue weighted by Gasteiger charge is 2.16. The molecular formula is C14H15N3O3. The molecule has 0 radical (unpaired) electrons. The maximum atomic E-state index is 11.7. The number of ether oxygens (including phenoxy) is 2. The first kappa shape index (κ1) is 13.8. The van der Waals surface area contributed by atoms with Gasteiger partial charge in [0, 0.05) is 11.9 Å². The Bertz CT molecular complexity index is 612. The van der Waals surface area contributed by atoms with Gasteiger partial charge >= 0.3 is 5.97 Å². The molecule has 2 heterocycles. The molecule has 6 nitrogen and oxygen atoms in total. The number of anilines is 1. The topological polar surface area (TPSA) is 87.3 Å². The second kappa shape index (κ2) is 6.01. The number of hydrogen-bond donors (Lipinski definition) is 1. The van der Waals surface area contributed by atoms with Crippen molar-refractivity contribution in [1.82, 2.24) is 9.97 Å². The molecule has 20 heavy (non-hydrogen) atoms. The van der Waals surface area contributed by atoms with E-state index in [2.05, 4.69) is 9.97 Å². The zero-order valence-corrected chi connectivity index (χ0v) is 11.3. The number of nitrogens with two attached hydrogens (primary N) is 1. The Morgan fingerprint density at radius 1 is 1.30 bits per heavy atom. The Hall–Kier alpha value is -2.63. The lowest BCUT2D eigenvalue weighted by atomic mass is 10.2.